The first-order valence-corrected chi connectivity index (χ1v) is 6.69. The summed E-state index contributed by atoms with van der Waals surface area (Å²) in [6.45, 7) is 7.82. The van der Waals surface area contributed by atoms with Crippen molar-refractivity contribution in [2.24, 2.45) is 0 Å². The molecule has 8 heteroatoms. The van der Waals surface area contributed by atoms with E-state index in [-0.39, 0.29) is 30.3 Å². The Bertz CT molecular complexity index is 480. The molecule has 1 atom stereocenters. The van der Waals surface area contributed by atoms with Crippen molar-refractivity contribution in [2.45, 2.75) is 32.9 Å². The summed E-state index contributed by atoms with van der Waals surface area (Å²) in [4.78, 5) is 10.7. The summed E-state index contributed by atoms with van der Waals surface area (Å²) in [6, 6.07) is -0.0113. The predicted octanol–water partition coefficient (Wildman–Crippen LogP) is 1.05. The number of hydrogen-bond acceptors (Lipinski definition) is 6. The second kappa shape index (κ2) is 6.19. The highest BCUT2D eigenvalue weighted by molar-refractivity contribution is 5.46. The summed E-state index contributed by atoms with van der Waals surface area (Å²) in [6.07, 6.45) is -0.0980. The number of hydrogen-bond donors (Lipinski definition) is 1. The summed E-state index contributed by atoms with van der Waals surface area (Å²) in [5, 5.41) is 18.5. The first kappa shape index (κ1) is 14.7. The lowest BCUT2D eigenvalue weighted by Crippen LogP contribution is -2.41. The van der Waals surface area contributed by atoms with Crippen LogP contribution in [0.3, 0.4) is 0 Å². The fourth-order valence-electron chi connectivity index (χ4n) is 2.11. The quantitative estimate of drug-likeness (QED) is 0.642. The Morgan fingerprint density at radius 3 is 2.95 bits per heavy atom. The van der Waals surface area contributed by atoms with E-state index in [4.69, 9.17) is 9.47 Å². The number of aryl methyl sites for hydroxylation is 1. The van der Waals surface area contributed by atoms with E-state index in [0.717, 1.165) is 6.54 Å². The van der Waals surface area contributed by atoms with Crippen LogP contribution in [0.2, 0.25) is 0 Å². The number of nitrogens with one attached hydrogen (secondary N) is 1. The monoisotopic (exact) mass is 284 g/mol. The number of rotatable bonds is 5. The Labute approximate surface area is 117 Å². The maximum absolute atomic E-state index is 11.2. The highest BCUT2D eigenvalue weighted by Gasteiger charge is 2.29. The van der Waals surface area contributed by atoms with E-state index in [1.807, 2.05) is 13.8 Å². The van der Waals surface area contributed by atoms with Gasteiger partial charge in [0.05, 0.1) is 17.6 Å². The van der Waals surface area contributed by atoms with Gasteiger partial charge >= 0.3 is 5.69 Å². The molecule has 2 rings (SSSR count). The van der Waals surface area contributed by atoms with Crippen LogP contribution in [0.1, 0.15) is 25.6 Å². The minimum Gasteiger partial charge on any atom is -0.470 e. The van der Waals surface area contributed by atoms with Gasteiger partial charge in [0.2, 0.25) is 0 Å². The molecule has 0 radical (unpaired) electrons. The average molecular weight is 284 g/mol. The van der Waals surface area contributed by atoms with Crippen LogP contribution >= 0.6 is 0 Å². The normalized spacial score (nSPS) is 19.3. The summed E-state index contributed by atoms with van der Waals surface area (Å²) < 4.78 is 12.7. The average Bonchev–Trinajstić information content (AvgIpc) is 2.74. The second-order valence-electron chi connectivity index (χ2n) is 5.04. The SMILES string of the molecule is Cc1nn(C(C)C)c(OCC2CNCCO2)c1[N+](=O)[O-]. The molecule has 1 aliphatic rings. The van der Waals surface area contributed by atoms with Gasteiger partial charge in [-0.25, -0.2) is 4.68 Å². The summed E-state index contributed by atoms with van der Waals surface area (Å²) in [5.74, 6) is 0.205. The van der Waals surface area contributed by atoms with Crippen LogP contribution in [0, 0.1) is 17.0 Å². The summed E-state index contributed by atoms with van der Waals surface area (Å²) in [7, 11) is 0. The van der Waals surface area contributed by atoms with Crippen molar-refractivity contribution in [1.82, 2.24) is 15.1 Å². The Balaban J connectivity index is 2.17. The molecule has 1 aliphatic heterocycles. The van der Waals surface area contributed by atoms with Crippen molar-refractivity contribution in [1.29, 1.82) is 0 Å². The Kier molecular flexibility index (Phi) is 4.56. The molecule has 1 fully saturated rings. The molecule has 2 heterocycles. The zero-order chi connectivity index (χ0) is 14.7. The lowest BCUT2D eigenvalue weighted by molar-refractivity contribution is -0.386. The first-order chi connectivity index (χ1) is 9.50. The van der Waals surface area contributed by atoms with Crippen LogP contribution in [-0.4, -0.2) is 47.1 Å². The van der Waals surface area contributed by atoms with Crippen molar-refractivity contribution in [2.75, 3.05) is 26.3 Å². The van der Waals surface area contributed by atoms with Gasteiger partial charge in [-0.2, -0.15) is 5.10 Å². The van der Waals surface area contributed by atoms with Crippen LogP contribution in [0.4, 0.5) is 5.69 Å². The number of aromatic nitrogens is 2. The third-order valence-electron chi connectivity index (χ3n) is 3.09. The molecule has 1 saturated heterocycles. The van der Waals surface area contributed by atoms with Crippen molar-refractivity contribution >= 4 is 5.69 Å². The van der Waals surface area contributed by atoms with Crippen molar-refractivity contribution < 1.29 is 14.4 Å². The van der Waals surface area contributed by atoms with Gasteiger partial charge in [0, 0.05) is 13.1 Å². The van der Waals surface area contributed by atoms with E-state index in [2.05, 4.69) is 10.4 Å². The fourth-order valence-corrected chi connectivity index (χ4v) is 2.11. The van der Waals surface area contributed by atoms with Crippen LogP contribution < -0.4 is 10.1 Å². The number of morpholine rings is 1. The van der Waals surface area contributed by atoms with Crippen LogP contribution in [-0.2, 0) is 4.74 Å². The maximum atomic E-state index is 11.2. The smallest absolute Gasteiger partial charge is 0.353 e. The molecule has 1 aromatic rings. The number of ether oxygens (including phenoxy) is 2. The standard InChI is InChI=1S/C12H20N4O4/c1-8(2)15-12(11(16(17)18)9(3)14-15)20-7-10-6-13-4-5-19-10/h8,10,13H,4-7H2,1-3H3. The molecule has 0 saturated carbocycles. The second-order valence-corrected chi connectivity index (χ2v) is 5.04. The van der Waals surface area contributed by atoms with Gasteiger partial charge in [0.25, 0.3) is 5.88 Å². The lowest BCUT2D eigenvalue weighted by atomic mass is 10.3. The van der Waals surface area contributed by atoms with Crippen LogP contribution in [0.5, 0.6) is 5.88 Å². The van der Waals surface area contributed by atoms with Crippen LogP contribution in [0.15, 0.2) is 0 Å². The molecule has 1 aromatic heterocycles. The first-order valence-electron chi connectivity index (χ1n) is 6.69. The van der Waals surface area contributed by atoms with Gasteiger partial charge in [0.15, 0.2) is 0 Å². The molecule has 0 spiro atoms. The Hall–Kier alpha value is -1.67. The number of nitro groups is 1. The molecule has 112 valence electrons. The maximum Gasteiger partial charge on any atom is 0.353 e. The third kappa shape index (κ3) is 3.07. The molecule has 1 unspecified atom stereocenters. The van der Waals surface area contributed by atoms with Gasteiger partial charge in [-0.3, -0.25) is 10.1 Å². The van der Waals surface area contributed by atoms with E-state index in [1.54, 1.807) is 11.6 Å². The topological polar surface area (TPSA) is 91.5 Å². The van der Waals surface area contributed by atoms with Crippen molar-refractivity contribution in [3.8, 4) is 5.88 Å². The lowest BCUT2D eigenvalue weighted by Gasteiger charge is -2.23. The van der Waals surface area contributed by atoms with E-state index in [1.165, 1.54) is 0 Å². The van der Waals surface area contributed by atoms with Crippen molar-refractivity contribution in [3.05, 3.63) is 15.8 Å². The van der Waals surface area contributed by atoms with Crippen molar-refractivity contribution in [3.63, 3.8) is 0 Å². The number of nitrogens with zero attached hydrogens (tertiary/aromatic N) is 3. The third-order valence-corrected chi connectivity index (χ3v) is 3.09. The fraction of sp³-hybridized carbons (Fsp3) is 0.750. The zero-order valence-electron chi connectivity index (χ0n) is 12.0. The van der Waals surface area contributed by atoms with Gasteiger partial charge < -0.3 is 14.8 Å². The molecule has 0 aliphatic carbocycles. The van der Waals surface area contributed by atoms with E-state index < -0.39 is 4.92 Å². The molecule has 0 aromatic carbocycles. The minimum absolute atomic E-state index is 0.0113. The van der Waals surface area contributed by atoms with Crippen LogP contribution in [0.25, 0.3) is 0 Å². The molecular formula is C12H20N4O4. The predicted molar refractivity (Wildman–Crippen MR) is 72.1 cm³/mol. The molecule has 20 heavy (non-hydrogen) atoms. The van der Waals surface area contributed by atoms with Gasteiger partial charge in [0.1, 0.15) is 18.4 Å². The molecular weight excluding hydrogens is 264 g/mol. The molecule has 0 amide bonds. The van der Waals surface area contributed by atoms with E-state index in [0.29, 0.717) is 18.8 Å². The molecule has 1 N–H and O–H groups in total. The Morgan fingerprint density at radius 1 is 1.65 bits per heavy atom. The highest BCUT2D eigenvalue weighted by Crippen LogP contribution is 2.32. The zero-order valence-corrected chi connectivity index (χ0v) is 12.0. The largest absolute Gasteiger partial charge is 0.470 e. The van der Waals surface area contributed by atoms with Gasteiger partial charge in [-0.15, -0.1) is 0 Å². The summed E-state index contributed by atoms with van der Waals surface area (Å²) >= 11 is 0. The molecule has 0 bridgehead atoms. The Morgan fingerprint density at radius 2 is 2.40 bits per heavy atom. The van der Waals surface area contributed by atoms with Gasteiger partial charge in [-0.05, 0) is 20.8 Å². The summed E-state index contributed by atoms with van der Waals surface area (Å²) in [5.41, 5.74) is 0.295. The minimum atomic E-state index is -0.448. The molecule has 8 nitrogen and oxygen atoms in total. The highest BCUT2D eigenvalue weighted by atomic mass is 16.6. The van der Waals surface area contributed by atoms with E-state index in [9.17, 15) is 10.1 Å². The van der Waals surface area contributed by atoms with E-state index >= 15 is 0 Å². The van der Waals surface area contributed by atoms with Gasteiger partial charge in [-0.1, -0.05) is 0 Å².